The van der Waals surface area contributed by atoms with Crippen molar-refractivity contribution in [1.82, 2.24) is 9.47 Å². The fourth-order valence-electron chi connectivity index (χ4n) is 4.21. The maximum Gasteiger partial charge on any atom is 0.0378 e. The summed E-state index contributed by atoms with van der Waals surface area (Å²) in [5.74, 6) is 0. The second-order valence-corrected chi connectivity index (χ2v) is 7.45. The molecule has 1 aromatic rings. The van der Waals surface area contributed by atoms with E-state index in [0.29, 0.717) is 5.41 Å². The van der Waals surface area contributed by atoms with E-state index in [4.69, 9.17) is 5.73 Å². The minimum atomic E-state index is 0.223. The third-order valence-corrected chi connectivity index (χ3v) is 5.24. The van der Waals surface area contributed by atoms with E-state index in [0.717, 1.165) is 19.0 Å². The molecule has 1 aliphatic carbocycles. The van der Waals surface area contributed by atoms with E-state index in [1.54, 1.807) is 0 Å². The van der Waals surface area contributed by atoms with Crippen molar-refractivity contribution in [3.63, 3.8) is 0 Å². The first-order chi connectivity index (χ1) is 9.50. The van der Waals surface area contributed by atoms with E-state index in [1.807, 2.05) is 0 Å². The summed E-state index contributed by atoms with van der Waals surface area (Å²) in [6.07, 6.45) is 7.25. The molecule has 0 amide bonds. The Kier molecular flexibility index (Phi) is 3.67. The molecule has 2 unspecified atom stereocenters. The van der Waals surface area contributed by atoms with E-state index in [9.17, 15) is 0 Å². The SMILES string of the molecule is CCN1CCCC1Cn1ccc2c1CC(C)(C)CC2N. The number of hydrogen-bond donors (Lipinski definition) is 1. The van der Waals surface area contributed by atoms with Gasteiger partial charge in [0.05, 0.1) is 0 Å². The standard InChI is InChI=1S/C17H29N3/c1-4-19-8-5-6-13(19)12-20-9-7-14-15(18)10-17(2,3)11-16(14)20/h7,9,13,15H,4-6,8,10-12,18H2,1-3H3. The maximum absolute atomic E-state index is 6.37. The van der Waals surface area contributed by atoms with Crippen LogP contribution in [0.5, 0.6) is 0 Å². The van der Waals surface area contributed by atoms with Crippen LogP contribution in [0.2, 0.25) is 0 Å². The minimum absolute atomic E-state index is 0.223. The lowest BCUT2D eigenvalue weighted by Gasteiger charge is -2.35. The molecular weight excluding hydrogens is 246 g/mol. The predicted octanol–water partition coefficient (Wildman–Crippen LogP) is 2.94. The van der Waals surface area contributed by atoms with E-state index >= 15 is 0 Å². The van der Waals surface area contributed by atoms with E-state index in [-0.39, 0.29) is 6.04 Å². The Hall–Kier alpha value is -0.800. The second kappa shape index (κ2) is 5.19. The van der Waals surface area contributed by atoms with Crippen LogP contribution >= 0.6 is 0 Å². The summed E-state index contributed by atoms with van der Waals surface area (Å²) in [5.41, 5.74) is 9.60. The Labute approximate surface area is 123 Å². The van der Waals surface area contributed by atoms with E-state index in [1.165, 1.54) is 43.6 Å². The average molecular weight is 275 g/mol. The number of nitrogens with zero attached hydrogens (tertiary/aromatic N) is 2. The summed E-state index contributed by atoms with van der Waals surface area (Å²) >= 11 is 0. The predicted molar refractivity (Wildman–Crippen MR) is 83.7 cm³/mol. The normalized spacial score (nSPS) is 29.6. The van der Waals surface area contributed by atoms with Crippen LogP contribution in [0.4, 0.5) is 0 Å². The van der Waals surface area contributed by atoms with Crippen LogP contribution in [0.1, 0.15) is 57.3 Å². The van der Waals surface area contributed by atoms with Gasteiger partial charge >= 0.3 is 0 Å². The molecule has 2 heterocycles. The van der Waals surface area contributed by atoms with Crippen LogP contribution in [0.25, 0.3) is 0 Å². The van der Waals surface area contributed by atoms with Gasteiger partial charge in [-0.15, -0.1) is 0 Å². The van der Waals surface area contributed by atoms with Crippen LogP contribution in [0.15, 0.2) is 12.3 Å². The Bertz CT molecular complexity index is 475. The first-order valence-corrected chi connectivity index (χ1v) is 8.18. The number of rotatable bonds is 3. The lowest BCUT2D eigenvalue weighted by atomic mass is 9.74. The molecule has 0 spiro atoms. The van der Waals surface area contributed by atoms with Crippen molar-refractivity contribution >= 4 is 0 Å². The molecule has 0 bridgehead atoms. The Morgan fingerprint density at radius 3 is 2.95 bits per heavy atom. The van der Waals surface area contributed by atoms with Crippen LogP contribution in [-0.2, 0) is 13.0 Å². The summed E-state index contributed by atoms with van der Waals surface area (Å²) < 4.78 is 2.49. The van der Waals surface area contributed by atoms with Crippen LogP contribution < -0.4 is 5.73 Å². The van der Waals surface area contributed by atoms with Gasteiger partial charge in [-0.1, -0.05) is 20.8 Å². The fourth-order valence-corrected chi connectivity index (χ4v) is 4.21. The Balaban J connectivity index is 1.82. The summed E-state index contributed by atoms with van der Waals surface area (Å²) in [6.45, 7) is 10.6. The first kappa shape index (κ1) is 14.2. The number of nitrogens with two attached hydrogens (primary N) is 1. The molecular formula is C17H29N3. The van der Waals surface area contributed by atoms with Crippen molar-refractivity contribution in [2.75, 3.05) is 13.1 Å². The van der Waals surface area contributed by atoms with Gasteiger partial charge in [0.1, 0.15) is 0 Å². The topological polar surface area (TPSA) is 34.2 Å². The van der Waals surface area contributed by atoms with Crippen LogP contribution in [-0.4, -0.2) is 28.6 Å². The van der Waals surface area contributed by atoms with E-state index in [2.05, 4.69) is 42.5 Å². The molecule has 3 rings (SSSR count). The molecule has 2 atom stereocenters. The van der Waals surface area contributed by atoms with Gasteiger partial charge in [-0.05, 0) is 55.8 Å². The van der Waals surface area contributed by atoms with E-state index < -0.39 is 0 Å². The molecule has 20 heavy (non-hydrogen) atoms. The molecule has 1 saturated heterocycles. The third kappa shape index (κ3) is 2.53. The average Bonchev–Trinajstić information content (AvgIpc) is 2.96. The summed E-state index contributed by atoms with van der Waals surface area (Å²) in [4.78, 5) is 2.63. The second-order valence-electron chi connectivity index (χ2n) is 7.45. The first-order valence-electron chi connectivity index (χ1n) is 8.18. The number of likely N-dealkylation sites (tertiary alicyclic amines) is 1. The highest BCUT2D eigenvalue weighted by Crippen LogP contribution is 2.40. The van der Waals surface area contributed by atoms with Crippen LogP contribution in [0, 0.1) is 5.41 Å². The van der Waals surface area contributed by atoms with Gasteiger partial charge in [0, 0.05) is 30.5 Å². The lowest BCUT2D eigenvalue weighted by molar-refractivity contribution is 0.234. The Morgan fingerprint density at radius 2 is 2.20 bits per heavy atom. The Morgan fingerprint density at radius 1 is 1.40 bits per heavy atom. The highest BCUT2D eigenvalue weighted by Gasteiger charge is 2.33. The van der Waals surface area contributed by atoms with Gasteiger partial charge in [-0.25, -0.2) is 0 Å². The number of aromatic nitrogens is 1. The molecule has 3 nitrogen and oxygen atoms in total. The zero-order chi connectivity index (χ0) is 14.3. The van der Waals surface area contributed by atoms with Crippen LogP contribution in [0.3, 0.4) is 0 Å². The van der Waals surface area contributed by atoms with Gasteiger partial charge in [0.2, 0.25) is 0 Å². The molecule has 0 aromatic carbocycles. The van der Waals surface area contributed by atoms with Crippen molar-refractivity contribution < 1.29 is 0 Å². The molecule has 0 radical (unpaired) electrons. The molecule has 112 valence electrons. The summed E-state index contributed by atoms with van der Waals surface area (Å²) in [7, 11) is 0. The molecule has 2 aliphatic rings. The van der Waals surface area contributed by atoms with Gasteiger partial charge in [-0.2, -0.15) is 0 Å². The zero-order valence-corrected chi connectivity index (χ0v) is 13.2. The molecule has 1 aliphatic heterocycles. The molecule has 1 aromatic heterocycles. The number of hydrogen-bond acceptors (Lipinski definition) is 2. The third-order valence-electron chi connectivity index (χ3n) is 5.24. The highest BCUT2D eigenvalue weighted by molar-refractivity contribution is 5.30. The van der Waals surface area contributed by atoms with Crippen molar-refractivity contribution in [3.05, 3.63) is 23.5 Å². The molecule has 0 saturated carbocycles. The summed E-state index contributed by atoms with van der Waals surface area (Å²) in [6, 6.07) is 3.21. The van der Waals surface area contributed by atoms with Gasteiger partial charge < -0.3 is 10.3 Å². The van der Waals surface area contributed by atoms with Crippen molar-refractivity contribution in [2.45, 2.75) is 65.1 Å². The fraction of sp³-hybridized carbons (Fsp3) is 0.765. The number of fused-ring (bicyclic) bond motifs is 1. The highest BCUT2D eigenvalue weighted by atomic mass is 15.2. The zero-order valence-electron chi connectivity index (χ0n) is 13.2. The summed E-state index contributed by atoms with van der Waals surface area (Å²) in [5, 5.41) is 0. The largest absolute Gasteiger partial charge is 0.350 e. The van der Waals surface area contributed by atoms with Gasteiger partial charge in [0.25, 0.3) is 0 Å². The minimum Gasteiger partial charge on any atom is -0.350 e. The lowest BCUT2D eigenvalue weighted by Crippen LogP contribution is -2.35. The molecule has 2 N–H and O–H groups in total. The molecule has 3 heteroatoms. The quantitative estimate of drug-likeness (QED) is 0.920. The molecule has 1 fully saturated rings. The van der Waals surface area contributed by atoms with Crippen molar-refractivity contribution in [2.24, 2.45) is 11.1 Å². The monoisotopic (exact) mass is 275 g/mol. The van der Waals surface area contributed by atoms with Crippen molar-refractivity contribution in [3.8, 4) is 0 Å². The van der Waals surface area contributed by atoms with Gasteiger partial charge in [-0.3, -0.25) is 4.90 Å². The maximum atomic E-state index is 6.37. The number of likely N-dealkylation sites (N-methyl/N-ethyl adjacent to an activating group) is 1. The van der Waals surface area contributed by atoms with Crippen molar-refractivity contribution in [1.29, 1.82) is 0 Å². The van der Waals surface area contributed by atoms with Gasteiger partial charge in [0.15, 0.2) is 0 Å². The smallest absolute Gasteiger partial charge is 0.0378 e.